The second-order valence-corrected chi connectivity index (χ2v) is 4.11. The maximum atomic E-state index is 13.7. The minimum atomic E-state index is -0.272. The predicted octanol–water partition coefficient (Wildman–Crippen LogP) is 2.44. The SMILES string of the molecule is CCn1c(Cn2ccnc2)nc2c(F)cccc21. The molecule has 0 bridgehead atoms. The lowest BCUT2D eigenvalue weighted by Gasteiger charge is -2.06. The number of hydrogen-bond acceptors (Lipinski definition) is 2. The van der Waals surface area contributed by atoms with Gasteiger partial charge in [-0.15, -0.1) is 0 Å². The number of aryl methyl sites for hydroxylation is 1. The number of hydrogen-bond donors (Lipinski definition) is 0. The zero-order valence-electron chi connectivity index (χ0n) is 10.0. The van der Waals surface area contributed by atoms with Gasteiger partial charge in [0.05, 0.1) is 18.4 Å². The maximum absolute atomic E-state index is 13.7. The minimum absolute atomic E-state index is 0.272. The van der Waals surface area contributed by atoms with Crippen LogP contribution >= 0.6 is 0 Å². The van der Waals surface area contributed by atoms with E-state index in [0.717, 1.165) is 17.9 Å². The summed E-state index contributed by atoms with van der Waals surface area (Å²) in [6.45, 7) is 3.40. The van der Waals surface area contributed by atoms with E-state index in [1.165, 1.54) is 6.07 Å². The summed E-state index contributed by atoms with van der Waals surface area (Å²) in [5.74, 6) is 0.571. The number of nitrogens with zero attached hydrogens (tertiary/aromatic N) is 4. The van der Waals surface area contributed by atoms with Crippen molar-refractivity contribution in [1.82, 2.24) is 19.1 Å². The van der Waals surface area contributed by atoms with Crippen LogP contribution in [-0.2, 0) is 13.1 Å². The fraction of sp³-hybridized carbons (Fsp3) is 0.231. The lowest BCUT2D eigenvalue weighted by Crippen LogP contribution is -2.06. The normalized spacial score (nSPS) is 11.2. The zero-order valence-corrected chi connectivity index (χ0v) is 10.0. The van der Waals surface area contributed by atoms with Crippen molar-refractivity contribution in [1.29, 1.82) is 0 Å². The molecule has 0 spiro atoms. The Morgan fingerprint density at radius 3 is 2.94 bits per heavy atom. The van der Waals surface area contributed by atoms with Gasteiger partial charge in [0, 0.05) is 18.9 Å². The van der Waals surface area contributed by atoms with Gasteiger partial charge in [0.15, 0.2) is 5.82 Å². The number of para-hydroxylation sites is 1. The molecule has 0 saturated heterocycles. The van der Waals surface area contributed by atoms with Crippen molar-refractivity contribution in [3.8, 4) is 0 Å². The summed E-state index contributed by atoms with van der Waals surface area (Å²) in [5.41, 5.74) is 1.28. The van der Waals surface area contributed by atoms with Crippen molar-refractivity contribution in [2.24, 2.45) is 0 Å². The number of aromatic nitrogens is 4. The fourth-order valence-corrected chi connectivity index (χ4v) is 2.18. The first kappa shape index (κ1) is 11.0. The van der Waals surface area contributed by atoms with Crippen LogP contribution in [0, 0.1) is 5.82 Å². The number of imidazole rings is 2. The predicted molar refractivity (Wildman–Crippen MR) is 66.7 cm³/mol. The highest BCUT2D eigenvalue weighted by Crippen LogP contribution is 2.19. The summed E-state index contributed by atoms with van der Waals surface area (Å²) >= 11 is 0. The maximum Gasteiger partial charge on any atom is 0.151 e. The molecule has 0 atom stereocenters. The van der Waals surface area contributed by atoms with Gasteiger partial charge in [-0.1, -0.05) is 6.07 Å². The molecule has 0 fully saturated rings. The van der Waals surface area contributed by atoms with E-state index in [4.69, 9.17) is 0 Å². The molecule has 0 N–H and O–H groups in total. The van der Waals surface area contributed by atoms with E-state index in [9.17, 15) is 4.39 Å². The fourth-order valence-electron chi connectivity index (χ4n) is 2.18. The molecular weight excluding hydrogens is 231 g/mol. The van der Waals surface area contributed by atoms with Gasteiger partial charge in [0.25, 0.3) is 0 Å². The number of benzene rings is 1. The first-order valence-electron chi connectivity index (χ1n) is 5.89. The van der Waals surface area contributed by atoms with Crippen LogP contribution in [-0.4, -0.2) is 19.1 Å². The molecule has 4 nitrogen and oxygen atoms in total. The third-order valence-electron chi connectivity index (χ3n) is 3.01. The Hall–Kier alpha value is -2.17. The van der Waals surface area contributed by atoms with E-state index in [0.29, 0.717) is 12.1 Å². The van der Waals surface area contributed by atoms with Crippen LogP contribution in [0.25, 0.3) is 11.0 Å². The minimum Gasteiger partial charge on any atom is -0.330 e. The molecule has 0 aliphatic heterocycles. The van der Waals surface area contributed by atoms with Crippen molar-refractivity contribution in [2.75, 3.05) is 0 Å². The van der Waals surface area contributed by atoms with E-state index in [2.05, 4.69) is 9.97 Å². The Labute approximate surface area is 104 Å². The molecule has 3 aromatic rings. The third kappa shape index (κ3) is 1.68. The van der Waals surface area contributed by atoms with Crippen molar-refractivity contribution < 1.29 is 4.39 Å². The molecule has 3 rings (SSSR count). The summed E-state index contributed by atoms with van der Waals surface area (Å²) in [6, 6.07) is 5.05. The average molecular weight is 244 g/mol. The number of halogens is 1. The lowest BCUT2D eigenvalue weighted by atomic mass is 10.3. The quantitative estimate of drug-likeness (QED) is 0.709. The smallest absolute Gasteiger partial charge is 0.151 e. The average Bonchev–Trinajstić information content (AvgIpc) is 2.97. The highest BCUT2D eigenvalue weighted by atomic mass is 19.1. The van der Waals surface area contributed by atoms with E-state index in [1.807, 2.05) is 28.3 Å². The monoisotopic (exact) mass is 244 g/mol. The Morgan fingerprint density at radius 1 is 1.33 bits per heavy atom. The Morgan fingerprint density at radius 2 is 2.22 bits per heavy atom. The molecule has 0 aliphatic carbocycles. The first-order chi connectivity index (χ1) is 8.79. The van der Waals surface area contributed by atoms with Gasteiger partial charge in [-0.05, 0) is 19.1 Å². The standard InChI is InChI=1S/C13H13FN4/c1-2-18-11-5-3-4-10(14)13(11)16-12(18)8-17-7-6-15-9-17/h3-7,9H,2,8H2,1H3. The summed E-state index contributed by atoms with van der Waals surface area (Å²) in [5, 5.41) is 0. The van der Waals surface area contributed by atoms with Gasteiger partial charge >= 0.3 is 0 Å². The summed E-state index contributed by atoms with van der Waals surface area (Å²) in [6.07, 6.45) is 5.32. The van der Waals surface area contributed by atoms with Gasteiger partial charge < -0.3 is 9.13 Å². The number of fused-ring (bicyclic) bond motifs is 1. The lowest BCUT2D eigenvalue weighted by molar-refractivity contribution is 0.636. The Kier molecular flexibility index (Phi) is 2.59. The van der Waals surface area contributed by atoms with Crippen molar-refractivity contribution >= 4 is 11.0 Å². The van der Waals surface area contributed by atoms with Crippen LogP contribution in [0.3, 0.4) is 0 Å². The van der Waals surface area contributed by atoms with Crippen LogP contribution in [0.1, 0.15) is 12.7 Å². The van der Waals surface area contributed by atoms with Crippen LogP contribution in [0.2, 0.25) is 0 Å². The van der Waals surface area contributed by atoms with Gasteiger partial charge in [0.2, 0.25) is 0 Å². The molecule has 0 aliphatic rings. The molecule has 92 valence electrons. The molecule has 0 saturated carbocycles. The van der Waals surface area contributed by atoms with Gasteiger partial charge in [-0.25, -0.2) is 14.4 Å². The summed E-state index contributed by atoms with van der Waals surface area (Å²) in [7, 11) is 0. The van der Waals surface area contributed by atoms with Gasteiger partial charge in [-0.2, -0.15) is 0 Å². The van der Waals surface area contributed by atoms with E-state index in [-0.39, 0.29) is 5.82 Å². The topological polar surface area (TPSA) is 35.6 Å². The first-order valence-corrected chi connectivity index (χ1v) is 5.89. The summed E-state index contributed by atoms with van der Waals surface area (Å²) < 4.78 is 17.6. The molecule has 0 radical (unpaired) electrons. The molecule has 2 aromatic heterocycles. The van der Waals surface area contributed by atoms with Crippen LogP contribution < -0.4 is 0 Å². The zero-order chi connectivity index (χ0) is 12.5. The Bertz CT molecular complexity index is 670. The molecule has 0 unspecified atom stereocenters. The van der Waals surface area contributed by atoms with Crippen LogP contribution in [0.4, 0.5) is 4.39 Å². The summed E-state index contributed by atoms with van der Waals surface area (Å²) in [4.78, 5) is 8.39. The molecular formula is C13H13FN4. The second kappa shape index (κ2) is 4.25. The second-order valence-electron chi connectivity index (χ2n) is 4.11. The molecule has 1 aromatic carbocycles. The van der Waals surface area contributed by atoms with E-state index < -0.39 is 0 Å². The number of rotatable bonds is 3. The van der Waals surface area contributed by atoms with Crippen molar-refractivity contribution in [2.45, 2.75) is 20.0 Å². The molecule has 18 heavy (non-hydrogen) atoms. The third-order valence-corrected chi connectivity index (χ3v) is 3.01. The van der Waals surface area contributed by atoms with Crippen LogP contribution in [0.5, 0.6) is 0 Å². The van der Waals surface area contributed by atoms with E-state index >= 15 is 0 Å². The van der Waals surface area contributed by atoms with E-state index in [1.54, 1.807) is 18.6 Å². The molecule has 5 heteroatoms. The highest BCUT2D eigenvalue weighted by molar-refractivity contribution is 5.76. The van der Waals surface area contributed by atoms with Crippen molar-refractivity contribution in [3.63, 3.8) is 0 Å². The molecule has 2 heterocycles. The van der Waals surface area contributed by atoms with Gasteiger partial charge in [-0.3, -0.25) is 0 Å². The van der Waals surface area contributed by atoms with Crippen LogP contribution in [0.15, 0.2) is 36.9 Å². The van der Waals surface area contributed by atoms with Crippen molar-refractivity contribution in [3.05, 3.63) is 48.6 Å². The molecule has 0 amide bonds. The Balaban J connectivity index is 2.14. The highest BCUT2D eigenvalue weighted by Gasteiger charge is 2.12. The van der Waals surface area contributed by atoms with Gasteiger partial charge in [0.1, 0.15) is 11.3 Å². The largest absolute Gasteiger partial charge is 0.330 e.